The van der Waals surface area contributed by atoms with Crippen molar-refractivity contribution in [3.63, 3.8) is 0 Å². The molecular formula is C8H12Br3N3O4. The Labute approximate surface area is 129 Å². The number of carbonyl (C=O) groups excluding carboxylic acids is 3. The molecule has 0 bridgehead atoms. The van der Waals surface area contributed by atoms with Crippen LogP contribution < -0.4 is 13.0 Å². The minimum atomic E-state index is -2.16. The molecule has 0 aliphatic rings. The molecule has 0 aromatic rings. The van der Waals surface area contributed by atoms with Crippen LogP contribution in [0, 0.1) is 5.92 Å². The van der Waals surface area contributed by atoms with Gasteiger partial charge < -0.3 is 5.11 Å². The van der Waals surface area contributed by atoms with E-state index in [9.17, 15) is 19.5 Å². The van der Waals surface area contributed by atoms with Crippen molar-refractivity contribution >= 4 is 66.2 Å². The van der Waals surface area contributed by atoms with Gasteiger partial charge in [-0.3, -0.25) is 27.4 Å². The van der Waals surface area contributed by atoms with Gasteiger partial charge in [-0.15, -0.1) is 0 Å². The van der Waals surface area contributed by atoms with Gasteiger partial charge in [0.15, 0.2) is 5.60 Å². The van der Waals surface area contributed by atoms with Crippen molar-refractivity contribution in [1.29, 1.82) is 0 Å². The molecular weight excluding hydrogens is 442 g/mol. The molecule has 0 saturated heterocycles. The minimum absolute atomic E-state index is 0.171. The van der Waals surface area contributed by atoms with Crippen LogP contribution in [-0.4, -0.2) is 28.4 Å². The second-order valence-corrected chi connectivity index (χ2v) is 4.65. The molecule has 0 aliphatic heterocycles. The zero-order chi connectivity index (χ0) is 14.3. The largest absolute Gasteiger partial charge is 0.379 e. The second-order valence-electron chi connectivity index (χ2n) is 3.46. The van der Waals surface area contributed by atoms with Gasteiger partial charge in [0.05, 0.1) is 12.3 Å². The molecule has 18 heavy (non-hydrogen) atoms. The first-order valence-electron chi connectivity index (χ1n) is 4.80. The Morgan fingerprint density at radius 3 is 2.06 bits per heavy atom. The summed E-state index contributed by atoms with van der Waals surface area (Å²) in [6, 6.07) is 0. The molecule has 2 atom stereocenters. The summed E-state index contributed by atoms with van der Waals surface area (Å²) < 4.78 is 6.34. The van der Waals surface area contributed by atoms with E-state index in [2.05, 4.69) is 61.5 Å². The SMILES string of the molecule is CCC(C(=O)NBr)C(O)(CC(=O)NBr)C(=O)NBr. The average Bonchev–Trinajstić information content (AvgIpc) is 2.37. The fraction of sp³-hybridized carbons (Fsp3) is 0.625. The maximum absolute atomic E-state index is 11.7. The van der Waals surface area contributed by atoms with Gasteiger partial charge in [-0.05, 0) is 6.42 Å². The van der Waals surface area contributed by atoms with E-state index in [1.165, 1.54) is 0 Å². The molecule has 0 spiro atoms. The molecule has 0 fully saturated rings. The van der Waals surface area contributed by atoms with Crippen LogP contribution in [0.2, 0.25) is 0 Å². The lowest BCUT2D eigenvalue weighted by Gasteiger charge is -2.31. The number of aliphatic hydroxyl groups is 1. The van der Waals surface area contributed by atoms with E-state index in [-0.39, 0.29) is 6.42 Å². The third-order valence-corrected chi connectivity index (χ3v) is 3.60. The number of carbonyl (C=O) groups is 3. The third kappa shape index (κ3) is 4.18. The molecule has 0 rings (SSSR count). The van der Waals surface area contributed by atoms with Crippen molar-refractivity contribution in [2.45, 2.75) is 25.4 Å². The summed E-state index contributed by atoms with van der Waals surface area (Å²) in [4.78, 5) is 34.7. The molecule has 7 nitrogen and oxygen atoms in total. The number of halogens is 3. The first-order chi connectivity index (χ1) is 8.37. The Kier molecular flexibility index (Phi) is 7.99. The Morgan fingerprint density at radius 1 is 1.17 bits per heavy atom. The van der Waals surface area contributed by atoms with Crippen LogP contribution in [0.1, 0.15) is 19.8 Å². The Balaban J connectivity index is 5.35. The van der Waals surface area contributed by atoms with Gasteiger partial charge >= 0.3 is 0 Å². The van der Waals surface area contributed by atoms with Gasteiger partial charge in [0.25, 0.3) is 5.91 Å². The molecule has 4 N–H and O–H groups in total. The minimum Gasteiger partial charge on any atom is -0.379 e. The van der Waals surface area contributed by atoms with Crippen molar-refractivity contribution < 1.29 is 19.5 Å². The standard InChI is InChI=1S/C8H12Br3N3O4/c1-2-4(6(16)13-10)8(18,7(17)14-11)3-5(15)12-9/h4,18H,2-3H2,1H3,(H,12,15)(H,13,16)(H,14,17). The maximum atomic E-state index is 11.7. The van der Waals surface area contributed by atoms with Gasteiger partial charge in [0.2, 0.25) is 11.8 Å². The van der Waals surface area contributed by atoms with Gasteiger partial charge in [0, 0.05) is 48.4 Å². The highest BCUT2D eigenvalue weighted by Gasteiger charge is 2.48. The van der Waals surface area contributed by atoms with Gasteiger partial charge in [0.1, 0.15) is 0 Å². The molecule has 0 aliphatic carbocycles. The van der Waals surface area contributed by atoms with E-state index in [0.717, 1.165) is 0 Å². The number of nitrogens with one attached hydrogen (secondary N) is 3. The van der Waals surface area contributed by atoms with Crippen molar-refractivity contribution in [3.8, 4) is 0 Å². The number of rotatable bonds is 6. The summed E-state index contributed by atoms with van der Waals surface area (Å²) in [5, 5.41) is 10.3. The highest BCUT2D eigenvalue weighted by atomic mass is 79.9. The van der Waals surface area contributed by atoms with E-state index < -0.39 is 35.7 Å². The normalized spacial score (nSPS) is 15.2. The molecule has 0 radical (unpaired) electrons. The zero-order valence-electron chi connectivity index (χ0n) is 9.30. The molecule has 2 unspecified atom stereocenters. The molecule has 10 heteroatoms. The summed E-state index contributed by atoms with van der Waals surface area (Å²) in [6.07, 6.45) is -0.390. The van der Waals surface area contributed by atoms with Gasteiger partial charge in [-0.1, -0.05) is 6.92 Å². The first-order valence-corrected chi connectivity index (χ1v) is 7.18. The van der Waals surface area contributed by atoms with Crippen molar-refractivity contribution in [1.82, 2.24) is 13.0 Å². The van der Waals surface area contributed by atoms with E-state index in [0.29, 0.717) is 0 Å². The third-order valence-electron chi connectivity index (χ3n) is 2.41. The van der Waals surface area contributed by atoms with Crippen molar-refractivity contribution in [2.75, 3.05) is 0 Å². The predicted octanol–water partition coefficient (Wildman–Crippen LogP) is 0.412. The van der Waals surface area contributed by atoms with Crippen LogP contribution in [0.15, 0.2) is 0 Å². The Bertz CT molecular complexity index is 342. The zero-order valence-corrected chi connectivity index (χ0v) is 14.1. The molecule has 0 heterocycles. The summed E-state index contributed by atoms with van der Waals surface area (Å²) >= 11 is 8.12. The van der Waals surface area contributed by atoms with E-state index in [4.69, 9.17) is 0 Å². The lowest BCUT2D eigenvalue weighted by Crippen LogP contribution is -2.55. The first kappa shape index (κ1) is 17.8. The molecule has 0 aromatic heterocycles. The summed E-state index contributed by atoms with van der Waals surface area (Å²) in [5.41, 5.74) is -2.16. The number of amides is 3. The molecule has 3 amide bonds. The van der Waals surface area contributed by atoms with Crippen molar-refractivity contribution in [3.05, 3.63) is 0 Å². The van der Waals surface area contributed by atoms with E-state index in [1.807, 2.05) is 0 Å². The monoisotopic (exact) mass is 451 g/mol. The van der Waals surface area contributed by atoms with Crippen LogP contribution in [0.3, 0.4) is 0 Å². The lowest BCUT2D eigenvalue weighted by molar-refractivity contribution is -0.155. The van der Waals surface area contributed by atoms with Crippen molar-refractivity contribution in [2.24, 2.45) is 5.92 Å². The molecule has 0 saturated carbocycles. The maximum Gasteiger partial charge on any atom is 0.263 e. The summed E-state index contributed by atoms with van der Waals surface area (Å²) in [6.45, 7) is 1.62. The van der Waals surface area contributed by atoms with Crippen LogP contribution in [0.25, 0.3) is 0 Å². The van der Waals surface area contributed by atoms with E-state index >= 15 is 0 Å². The lowest BCUT2D eigenvalue weighted by atomic mass is 9.81. The van der Waals surface area contributed by atoms with Crippen LogP contribution in [-0.2, 0) is 14.4 Å². The van der Waals surface area contributed by atoms with Crippen LogP contribution in [0.4, 0.5) is 0 Å². The summed E-state index contributed by atoms with van der Waals surface area (Å²) in [5.74, 6) is -3.19. The fourth-order valence-electron chi connectivity index (χ4n) is 1.53. The summed E-state index contributed by atoms with van der Waals surface area (Å²) in [7, 11) is 0. The second kappa shape index (κ2) is 8.08. The van der Waals surface area contributed by atoms with Crippen LogP contribution in [0.5, 0.6) is 0 Å². The smallest absolute Gasteiger partial charge is 0.263 e. The fourth-order valence-corrected chi connectivity index (χ4v) is 2.29. The van der Waals surface area contributed by atoms with Gasteiger partial charge in [-0.25, -0.2) is 0 Å². The number of hydrogen-bond acceptors (Lipinski definition) is 4. The molecule has 104 valence electrons. The topological polar surface area (TPSA) is 108 Å². The predicted molar refractivity (Wildman–Crippen MR) is 74.6 cm³/mol. The van der Waals surface area contributed by atoms with E-state index in [1.54, 1.807) is 6.92 Å². The van der Waals surface area contributed by atoms with Crippen LogP contribution >= 0.6 is 48.4 Å². The average molecular weight is 454 g/mol. The highest BCUT2D eigenvalue weighted by Crippen LogP contribution is 2.26. The Morgan fingerprint density at radius 2 is 1.72 bits per heavy atom. The van der Waals surface area contributed by atoms with Gasteiger partial charge in [-0.2, -0.15) is 0 Å². The quantitative estimate of drug-likeness (QED) is 0.437. The number of hydrogen-bond donors (Lipinski definition) is 4. The molecule has 0 aromatic carbocycles. The highest BCUT2D eigenvalue weighted by molar-refractivity contribution is 9.08. The Hall–Kier alpha value is -0.190.